The lowest BCUT2D eigenvalue weighted by Crippen LogP contribution is -2.33. The van der Waals surface area contributed by atoms with Crippen LogP contribution in [0.4, 0.5) is 0 Å². The Hall–Kier alpha value is -1.32. The van der Waals surface area contributed by atoms with Gasteiger partial charge in [0.1, 0.15) is 0 Å². The number of nitrogens with zero attached hydrogens (tertiary/aromatic N) is 2. The van der Waals surface area contributed by atoms with Crippen LogP contribution < -0.4 is 5.73 Å². The van der Waals surface area contributed by atoms with Crippen molar-refractivity contribution in [2.24, 2.45) is 12.8 Å². The molecule has 0 aliphatic rings. The molecule has 1 aromatic heterocycles. The largest absolute Gasteiger partial charge is 0.318 e. The van der Waals surface area contributed by atoms with Gasteiger partial charge in [-0.3, -0.25) is 4.68 Å². The molecule has 1 atom stereocenters. The standard InChI is InChI=1S/C12H14ClN3/c1-12(14,10-7-15-16(2)8-10)9-4-3-5-11(13)6-9/h3-8H,14H2,1-2H3. The highest BCUT2D eigenvalue weighted by Gasteiger charge is 2.25. The highest BCUT2D eigenvalue weighted by atomic mass is 35.5. The average molecular weight is 236 g/mol. The van der Waals surface area contributed by atoms with Gasteiger partial charge in [-0.15, -0.1) is 0 Å². The second-order valence-corrected chi connectivity index (χ2v) is 4.55. The molecule has 84 valence electrons. The van der Waals surface area contributed by atoms with E-state index in [0.29, 0.717) is 5.02 Å². The normalized spacial score (nSPS) is 14.8. The highest BCUT2D eigenvalue weighted by Crippen LogP contribution is 2.27. The molecule has 2 N–H and O–H groups in total. The Labute approximate surface area is 99.8 Å². The van der Waals surface area contributed by atoms with Crippen LogP contribution in [0, 0.1) is 0 Å². The molecule has 2 aromatic rings. The van der Waals surface area contributed by atoms with Gasteiger partial charge in [-0.25, -0.2) is 0 Å². The highest BCUT2D eigenvalue weighted by molar-refractivity contribution is 6.30. The van der Waals surface area contributed by atoms with Crippen LogP contribution in [0.5, 0.6) is 0 Å². The Bertz CT molecular complexity index is 502. The molecule has 16 heavy (non-hydrogen) atoms. The third-order valence-corrected chi connectivity index (χ3v) is 2.96. The van der Waals surface area contributed by atoms with E-state index in [4.69, 9.17) is 17.3 Å². The first-order valence-corrected chi connectivity index (χ1v) is 5.42. The van der Waals surface area contributed by atoms with Crippen LogP contribution in [0.1, 0.15) is 18.1 Å². The molecule has 0 bridgehead atoms. The summed E-state index contributed by atoms with van der Waals surface area (Å²) >= 11 is 5.97. The van der Waals surface area contributed by atoms with Crippen LogP contribution in [0.2, 0.25) is 5.02 Å². The van der Waals surface area contributed by atoms with Gasteiger partial charge in [0.25, 0.3) is 0 Å². The number of hydrogen-bond acceptors (Lipinski definition) is 2. The lowest BCUT2D eigenvalue weighted by molar-refractivity contribution is 0.602. The third kappa shape index (κ3) is 1.96. The second kappa shape index (κ2) is 3.92. The van der Waals surface area contributed by atoms with Gasteiger partial charge < -0.3 is 5.73 Å². The predicted octanol–water partition coefficient (Wildman–Crippen LogP) is 2.30. The van der Waals surface area contributed by atoms with Crippen LogP contribution in [0.3, 0.4) is 0 Å². The summed E-state index contributed by atoms with van der Waals surface area (Å²) in [6, 6.07) is 7.59. The minimum Gasteiger partial charge on any atom is -0.318 e. The van der Waals surface area contributed by atoms with Crippen molar-refractivity contribution in [2.45, 2.75) is 12.5 Å². The lowest BCUT2D eigenvalue weighted by Gasteiger charge is -2.24. The molecular formula is C12H14ClN3. The second-order valence-electron chi connectivity index (χ2n) is 4.12. The lowest BCUT2D eigenvalue weighted by atomic mass is 9.88. The van der Waals surface area contributed by atoms with Crippen LogP contribution in [-0.4, -0.2) is 9.78 Å². The van der Waals surface area contributed by atoms with Gasteiger partial charge in [0.2, 0.25) is 0 Å². The number of rotatable bonds is 2. The fraction of sp³-hybridized carbons (Fsp3) is 0.250. The molecule has 3 nitrogen and oxygen atoms in total. The number of hydrogen-bond donors (Lipinski definition) is 1. The quantitative estimate of drug-likeness (QED) is 0.868. The molecule has 0 aliphatic carbocycles. The molecule has 0 saturated carbocycles. The van der Waals surface area contributed by atoms with Gasteiger partial charge in [-0.2, -0.15) is 5.10 Å². The zero-order valence-corrected chi connectivity index (χ0v) is 10.1. The Morgan fingerprint density at radius 1 is 1.38 bits per heavy atom. The molecule has 4 heteroatoms. The van der Waals surface area contributed by atoms with Crippen LogP contribution in [0.15, 0.2) is 36.7 Å². The summed E-state index contributed by atoms with van der Waals surface area (Å²) in [5.74, 6) is 0. The molecule has 1 heterocycles. The summed E-state index contributed by atoms with van der Waals surface area (Å²) in [5.41, 5.74) is 7.71. The molecule has 1 unspecified atom stereocenters. The Morgan fingerprint density at radius 2 is 2.12 bits per heavy atom. The summed E-state index contributed by atoms with van der Waals surface area (Å²) in [5, 5.41) is 4.83. The van der Waals surface area contributed by atoms with E-state index in [2.05, 4.69) is 5.10 Å². The molecule has 1 aromatic carbocycles. The van der Waals surface area contributed by atoms with E-state index >= 15 is 0 Å². The van der Waals surface area contributed by atoms with Gasteiger partial charge in [0.15, 0.2) is 0 Å². The monoisotopic (exact) mass is 235 g/mol. The Kier molecular flexibility index (Phi) is 2.74. The van der Waals surface area contributed by atoms with Crippen molar-refractivity contribution in [1.29, 1.82) is 0 Å². The first kappa shape index (κ1) is 11.2. The fourth-order valence-corrected chi connectivity index (χ4v) is 1.86. The first-order valence-electron chi connectivity index (χ1n) is 5.04. The molecule has 0 saturated heterocycles. The van der Waals surface area contributed by atoms with E-state index in [1.165, 1.54) is 0 Å². The van der Waals surface area contributed by atoms with Crippen LogP contribution >= 0.6 is 11.6 Å². The van der Waals surface area contributed by atoms with Crippen molar-refractivity contribution in [3.05, 3.63) is 52.8 Å². The smallest absolute Gasteiger partial charge is 0.0668 e. The average Bonchev–Trinajstić information content (AvgIpc) is 2.65. The van der Waals surface area contributed by atoms with E-state index < -0.39 is 5.54 Å². The minimum absolute atomic E-state index is 0.570. The van der Waals surface area contributed by atoms with Crippen molar-refractivity contribution in [1.82, 2.24) is 9.78 Å². The van der Waals surface area contributed by atoms with Crippen molar-refractivity contribution in [3.8, 4) is 0 Å². The predicted molar refractivity (Wildman–Crippen MR) is 65.3 cm³/mol. The number of aryl methyl sites for hydroxylation is 1. The van der Waals surface area contributed by atoms with E-state index in [1.807, 2.05) is 44.4 Å². The van der Waals surface area contributed by atoms with Crippen LogP contribution in [0.25, 0.3) is 0 Å². The summed E-state index contributed by atoms with van der Waals surface area (Å²) < 4.78 is 1.74. The van der Waals surface area contributed by atoms with Crippen LogP contribution in [-0.2, 0) is 12.6 Å². The zero-order valence-electron chi connectivity index (χ0n) is 9.31. The van der Waals surface area contributed by atoms with Crippen molar-refractivity contribution in [3.63, 3.8) is 0 Å². The van der Waals surface area contributed by atoms with Crippen molar-refractivity contribution in [2.75, 3.05) is 0 Å². The molecule has 0 spiro atoms. The summed E-state index contributed by atoms with van der Waals surface area (Å²) in [7, 11) is 1.87. The van der Waals surface area contributed by atoms with Gasteiger partial charge in [0.05, 0.1) is 11.7 Å². The first-order chi connectivity index (χ1) is 7.50. The molecule has 0 aliphatic heterocycles. The van der Waals surface area contributed by atoms with Crippen molar-refractivity contribution < 1.29 is 0 Å². The van der Waals surface area contributed by atoms with Gasteiger partial charge in [-0.05, 0) is 24.6 Å². The van der Waals surface area contributed by atoms with E-state index in [0.717, 1.165) is 11.1 Å². The maximum absolute atomic E-state index is 6.33. The number of aromatic nitrogens is 2. The number of halogens is 1. The van der Waals surface area contributed by atoms with E-state index in [-0.39, 0.29) is 0 Å². The third-order valence-electron chi connectivity index (χ3n) is 2.73. The van der Waals surface area contributed by atoms with Gasteiger partial charge in [-0.1, -0.05) is 23.7 Å². The summed E-state index contributed by atoms with van der Waals surface area (Å²) in [4.78, 5) is 0. The fourth-order valence-electron chi connectivity index (χ4n) is 1.67. The Morgan fingerprint density at radius 3 is 2.69 bits per heavy atom. The Balaban J connectivity index is 2.46. The molecular weight excluding hydrogens is 222 g/mol. The molecule has 0 fully saturated rings. The zero-order chi connectivity index (χ0) is 11.8. The number of nitrogens with two attached hydrogens (primary N) is 1. The molecule has 0 radical (unpaired) electrons. The van der Waals surface area contributed by atoms with E-state index in [9.17, 15) is 0 Å². The maximum Gasteiger partial charge on any atom is 0.0668 e. The maximum atomic E-state index is 6.33. The van der Waals surface area contributed by atoms with E-state index in [1.54, 1.807) is 10.9 Å². The molecule has 2 rings (SSSR count). The minimum atomic E-state index is -0.570. The van der Waals surface area contributed by atoms with Crippen molar-refractivity contribution >= 4 is 11.6 Å². The van der Waals surface area contributed by atoms with Gasteiger partial charge >= 0.3 is 0 Å². The number of benzene rings is 1. The molecule has 0 amide bonds. The topological polar surface area (TPSA) is 43.8 Å². The SMILES string of the molecule is Cn1cc(C(C)(N)c2cccc(Cl)c2)cn1. The van der Waals surface area contributed by atoms with Gasteiger partial charge in [0, 0.05) is 23.8 Å². The summed E-state index contributed by atoms with van der Waals surface area (Å²) in [6.45, 7) is 1.95. The summed E-state index contributed by atoms with van der Waals surface area (Å²) in [6.07, 6.45) is 3.70.